The van der Waals surface area contributed by atoms with Crippen molar-refractivity contribution in [3.63, 3.8) is 0 Å². The van der Waals surface area contributed by atoms with Gasteiger partial charge in [0.2, 0.25) is 5.91 Å². The number of amides is 3. The fourth-order valence-electron chi connectivity index (χ4n) is 3.03. The summed E-state index contributed by atoms with van der Waals surface area (Å²) < 4.78 is 17.2. The Labute approximate surface area is 204 Å². The molecule has 0 unspecified atom stereocenters. The predicted octanol–water partition coefficient (Wildman–Crippen LogP) is 4.95. The molecule has 0 aromatic heterocycles. The van der Waals surface area contributed by atoms with E-state index in [1.54, 1.807) is 30.3 Å². The molecule has 0 heterocycles. The van der Waals surface area contributed by atoms with E-state index in [0.29, 0.717) is 42.7 Å². The molecule has 0 saturated carbocycles. The minimum atomic E-state index is -0.312. The van der Waals surface area contributed by atoms with Crippen LogP contribution in [0.25, 0.3) is 6.08 Å². The van der Waals surface area contributed by atoms with Crippen LogP contribution >= 0.6 is 0 Å². The van der Waals surface area contributed by atoms with Crippen molar-refractivity contribution in [2.24, 2.45) is 0 Å². The molecule has 0 radical (unpaired) electrons. The standard InChI is InChI=1S/C27H29N3O5/c1-3-33-25-19-20(9-15-24(25)35-18-17-34-23-7-5-4-6-8-23)10-16-26(31)29-21-11-13-22(14-12-21)30-27(32)28-2/h4-16,19H,3,17-18H2,1-2H3,(H,29,31)(H2,28,30,32)/b16-10+. The lowest BCUT2D eigenvalue weighted by molar-refractivity contribution is -0.111. The van der Waals surface area contributed by atoms with E-state index in [-0.39, 0.29) is 11.9 Å². The summed E-state index contributed by atoms with van der Waals surface area (Å²) in [5.41, 5.74) is 2.02. The van der Waals surface area contributed by atoms with Crippen molar-refractivity contribution >= 4 is 29.4 Å². The third-order valence-electron chi connectivity index (χ3n) is 4.68. The Balaban J connectivity index is 1.53. The Morgan fingerprint density at radius 2 is 1.49 bits per heavy atom. The summed E-state index contributed by atoms with van der Waals surface area (Å²) >= 11 is 0. The predicted molar refractivity (Wildman–Crippen MR) is 137 cm³/mol. The number of rotatable bonds is 11. The molecule has 35 heavy (non-hydrogen) atoms. The lowest BCUT2D eigenvalue weighted by atomic mass is 10.2. The highest BCUT2D eigenvalue weighted by Crippen LogP contribution is 2.29. The Hall–Kier alpha value is -4.46. The van der Waals surface area contributed by atoms with Crippen molar-refractivity contribution in [2.75, 3.05) is 37.5 Å². The van der Waals surface area contributed by atoms with Crippen molar-refractivity contribution in [1.82, 2.24) is 5.32 Å². The highest BCUT2D eigenvalue weighted by atomic mass is 16.5. The number of nitrogens with one attached hydrogen (secondary N) is 3. The maximum Gasteiger partial charge on any atom is 0.318 e. The number of ether oxygens (including phenoxy) is 3. The fourth-order valence-corrected chi connectivity index (χ4v) is 3.03. The molecule has 182 valence electrons. The van der Waals surface area contributed by atoms with Crippen LogP contribution in [-0.2, 0) is 4.79 Å². The molecule has 3 amide bonds. The van der Waals surface area contributed by atoms with E-state index < -0.39 is 0 Å². The average Bonchev–Trinajstić information content (AvgIpc) is 2.88. The van der Waals surface area contributed by atoms with Crippen LogP contribution < -0.4 is 30.2 Å². The fraction of sp³-hybridized carbons (Fsp3) is 0.185. The smallest absolute Gasteiger partial charge is 0.318 e. The third kappa shape index (κ3) is 8.43. The Morgan fingerprint density at radius 3 is 2.17 bits per heavy atom. The van der Waals surface area contributed by atoms with Crippen molar-refractivity contribution in [2.45, 2.75) is 6.92 Å². The molecule has 0 spiro atoms. The first-order valence-electron chi connectivity index (χ1n) is 11.2. The zero-order valence-electron chi connectivity index (χ0n) is 19.7. The second-order valence-corrected chi connectivity index (χ2v) is 7.25. The summed E-state index contributed by atoms with van der Waals surface area (Å²) in [6, 6.07) is 21.5. The molecule has 3 aromatic rings. The van der Waals surface area contributed by atoms with Crippen LogP contribution in [-0.4, -0.2) is 38.8 Å². The molecule has 3 N–H and O–H groups in total. The zero-order valence-corrected chi connectivity index (χ0v) is 19.7. The normalized spacial score (nSPS) is 10.5. The number of carbonyl (C=O) groups excluding carboxylic acids is 2. The van der Waals surface area contributed by atoms with Gasteiger partial charge < -0.3 is 30.2 Å². The largest absolute Gasteiger partial charge is 0.490 e. The highest BCUT2D eigenvalue weighted by Gasteiger charge is 2.07. The summed E-state index contributed by atoms with van der Waals surface area (Å²) in [6.07, 6.45) is 3.14. The van der Waals surface area contributed by atoms with E-state index in [2.05, 4.69) is 16.0 Å². The van der Waals surface area contributed by atoms with Gasteiger partial charge in [0.25, 0.3) is 0 Å². The molecule has 8 heteroatoms. The van der Waals surface area contributed by atoms with E-state index in [0.717, 1.165) is 11.3 Å². The summed E-state index contributed by atoms with van der Waals surface area (Å²) in [4.78, 5) is 23.7. The van der Waals surface area contributed by atoms with Gasteiger partial charge in [-0.1, -0.05) is 24.3 Å². The quantitative estimate of drug-likeness (QED) is 0.269. The van der Waals surface area contributed by atoms with Crippen LogP contribution in [0.5, 0.6) is 17.2 Å². The van der Waals surface area contributed by atoms with Gasteiger partial charge in [-0.3, -0.25) is 4.79 Å². The van der Waals surface area contributed by atoms with Gasteiger partial charge >= 0.3 is 6.03 Å². The molecule has 3 rings (SSSR count). The molecule has 3 aromatic carbocycles. The maximum absolute atomic E-state index is 12.3. The minimum Gasteiger partial charge on any atom is -0.490 e. The SMILES string of the molecule is CCOc1cc(/C=C/C(=O)Nc2ccc(NC(=O)NC)cc2)ccc1OCCOc1ccccc1. The van der Waals surface area contributed by atoms with Crippen LogP contribution in [0.1, 0.15) is 12.5 Å². The van der Waals surface area contributed by atoms with Crippen LogP contribution in [0.4, 0.5) is 16.2 Å². The number of urea groups is 1. The Kier molecular flexibility index (Phi) is 9.56. The van der Waals surface area contributed by atoms with E-state index >= 15 is 0 Å². The number of para-hydroxylation sites is 1. The number of hydrogen-bond acceptors (Lipinski definition) is 5. The molecular weight excluding hydrogens is 446 g/mol. The molecule has 0 saturated heterocycles. The number of hydrogen-bond donors (Lipinski definition) is 3. The van der Waals surface area contributed by atoms with Crippen molar-refractivity contribution in [1.29, 1.82) is 0 Å². The summed E-state index contributed by atoms with van der Waals surface area (Å²) in [5, 5.41) is 7.91. The van der Waals surface area contributed by atoms with Crippen LogP contribution in [0.2, 0.25) is 0 Å². The van der Waals surface area contributed by atoms with Gasteiger partial charge in [0.05, 0.1) is 6.61 Å². The lowest BCUT2D eigenvalue weighted by Crippen LogP contribution is -2.24. The molecule has 0 fully saturated rings. The molecule has 0 aliphatic carbocycles. The molecule has 0 atom stereocenters. The molecule has 0 aliphatic rings. The number of carbonyl (C=O) groups is 2. The Morgan fingerprint density at radius 1 is 0.800 bits per heavy atom. The maximum atomic E-state index is 12.3. The minimum absolute atomic E-state index is 0.284. The van der Waals surface area contributed by atoms with Gasteiger partial charge in [-0.2, -0.15) is 0 Å². The summed E-state index contributed by atoms with van der Waals surface area (Å²) in [6.45, 7) is 3.15. The molecule has 8 nitrogen and oxygen atoms in total. The second-order valence-electron chi connectivity index (χ2n) is 7.25. The molecular formula is C27H29N3O5. The van der Waals surface area contributed by atoms with Gasteiger partial charge in [-0.05, 0) is 67.1 Å². The third-order valence-corrected chi connectivity index (χ3v) is 4.68. The van der Waals surface area contributed by atoms with Crippen LogP contribution in [0.3, 0.4) is 0 Å². The lowest BCUT2D eigenvalue weighted by Gasteiger charge is -2.13. The van der Waals surface area contributed by atoms with E-state index in [4.69, 9.17) is 14.2 Å². The van der Waals surface area contributed by atoms with Crippen LogP contribution in [0, 0.1) is 0 Å². The second kappa shape index (κ2) is 13.3. The van der Waals surface area contributed by atoms with E-state index in [1.807, 2.05) is 55.5 Å². The topological polar surface area (TPSA) is 97.9 Å². The van der Waals surface area contributed by atoms with Gasteiger partial charge in [-0.15, -0.1) is 0 Å². The summed E-state index contributed by atoms with van der Waals surface area (Å²) in [5.74, 6) is 1.70. The highest BCUT2D eigenvalue weighted by molar-refractivity contribution is 6.02. The first-order valence-corrected chi connectivity index (χ1v) is 11.2. The zero-order chi connectivity index (χ0) is 24.9. The number of anilines is 2. The average molecular weight is 476 g/mol. The Bertz CT molecular complexity index is 1130. The summed E-state index contributed by atoms with van der Waals surface area (Å²) in [7, 11) is 1.54. The van der Waals surface area contributed by atoms with Gasteiger partial charge in [0, 0.05) is 24.5 Å². The van der Waals surface area contributed by atoms with Gasteiger partial charge in [0.1, 0.15) is 19.0 Å². The van der Waals surface area contributed by atoms with Crippen molar-refractivity contribution < 1.29 is 23.8 Å². The monoisotopic (exact) mass is 475 g/mol. The molecule has 0 bridgehead atoms. The van der Waals surface area contributed by atoms with Gasteiger partial charge in [0.15, 0.2) is 11.5 Å². The van der Waals surface area contributed by atoms with Crippen molar-refractivity contribution in [3.8, 4) is 17.2 Å². The van der Waals surface area contributed by atoms with E-state index in [9.17, 15) is 9.59 Å². The van der Waals surface area contributed by atoms with E-state index in [1.165, 1.54) is 13.1 Å². The molecule has 0 aliphatic heterocycles. The first-order chi connectivity index (χ1) is 17.1. The number of benzene rings is 3. The van der Waals surface area contributed by atoms with Crippen LogP contribution in [0.15, 0.2) is 78.9 Å². The first kappa shape index (κ1) is 25.2. The van der Waals surface area contributed by atoms with Crippen molar-refractivity contribution in [3.05, 3.63) is 84.4 Å². The van der Waals surface area contributed by atoms with Gasteiger partial charge in [-0.25, -0.2) is 4.79 Å².